The molecule has 5 heteroatoms. The molecule has 1 aromatic rings. The molecule has 0 saturated carbocycles. The summed E-state index contributed by atoms with van der Waals surface area (Å²) in [5, 5.41) is 0.352. The van der Waals surface area contributed by atoms with Crippen molar-refractivity contribution in [1.29, 1.82) is 0 Å². The molecule has 0 aliphatic carbocycles. The van der Waals surface area contributed by atoms with Gasteiger partial charge in [-0.05, 0) is 24.1 Å². The monoisotopic (exact) mass is 205 g/mol. The lowest BCUT2D eigenvalue weighted by molar-refractivity contribution is -0.137. The third-order valence-electron chi connectivity index (χ3n) is 2.25. The molecule has 1 heterocycles. The highest BCUT2D eigenvalue weighted by molar-refractivity contribution is 5.57. The van der Waals surface area contributed by atoms with E-state index in [-0.39, 0.29) is 12.2 Å². The quantitative estimate of drug-likeness (QED) is 0.465. The van der Waals surface area contributed by atoms with Crippen molar-refractivity contribution in [2.45, 2.75) is 12.6 Å². The van der Waals surface area contributed by atoms with E-state index in [1.807, 2.05) is 0 Å². The van der Waals surface area contributed by atoms with Crippen LogP contribution in [0.25, 0.3) is 0 Å². The second-order valence-corrected chi connectivity index (χ2v) is 3.18. The standard InChI is InChI=1S/C9H7F4N/c10-9(11,12)7-2-1-6-3-4-14(13)8(6)5-7/h1-2,5H,3-4H2. The van der Waals surface area contributed by atoms with Gasteiger partial charge in [0.2, 0.25) is 0 Å². The zero-order valence-corrected chi connectivity index (χ0v) is 7.11. The molecule has 0 bridgehead atoms. The minimum absolute atomic E-state index is 0.0415. The number of benzene rings is 1. The maximum absolute atomic E-state index is 13.0. The SMILES string of the molecule is FN1CCc2ccc(C(F)(F)F)cc21. The second-order valence-electron chi connectivity index (χ2n) is 3.18. The van der Waals surface area contributed by atoms with Crippen LogP contribution in [0.5, 0.6) is 0 Å². The molecule has 0 saturated heterocycles. The zero-order valence-electron chi connectivity index (χ0n) is 7.11. The first kappa shape index (κ1) is 9.30. The average Bonchev–Trinajstić information content (AvgIpc) is 2.46. The number of hydrogen-bond acceptors (Lipinski definition) is 1. The summed E-state index contributed by atoms with van der Waals surface area (Å²) < 4.78 is 49.7. The summed E-state index contributed by atoms with van der Waals surface area (Å²) in [6.45, 7) is 0.136. The van der Waals surface area contributed by atoms with E-state index in [9.17, 15) is 17.7 Å². The Balaban J connectivity index is 2.45. The van der Waals surface area contributed by atoms with Gasteiger partial charge in [0.15, 0.2) is 0 Å². The van der Waals surface area contributed by atoms with Crippen LogP contribution in [-0.4, -0.2) is 6.54 Å². The number of fused-ring (bicyclic) bond motifs is 1. The predicted octanol–water partition coefficient (Wildman–Crippen LogP) is 2.95. The third-order valence-corrected chi connectivity index (χ3v) is 2.25. The molecule has 0 amide bonds. The van der Waals surface area contributed by atoms with Crippen molar-refractivity contribution in [2.75, 3.05) is 11.7 Å². The molecule has 1 nitrogen and oxygen atoms in total. The van der Waals surface area contributed by atoms with Crippen LogP contribution in [0.1, 0.15) is 11.1 Å². The van der Waals surface area contributed by atoms with Crippen LogP contribution >= 0.6 is 0 Å². The first-order chi connectivity index (χ1) is 6.48. The van der Waals surface area contributed by atoms with Crippen LogP contribution in [0.15, 0.2) is 18.2 Å². The van der Waals surface area contributed by atoms with E-state index < -0.39 is 11.7 Å². The van der Waals surface area contributed by atoms with Crippen LogP contribution in [0, 0.1) is 0 Å². The summed E-state index contributed by atoms with van der Waals surface area (Å²) in [4.78, 5) is 0. The summed E-state index contributed by atoms with van der Waals surface area (Å²) >= 11 is 0. The van der Waals surface area contributed by atoms with Gasteiger partial charge in [0.25, 0.3) is 0 Å². The van der Waals surface area contributed by atoms with Crippen molar-refractivity contribution >= 4 is 5.69 Å². The van der Waals surface area contributed by atoms with E-state index in [1.165, 1.54) is 6.07 Å². The fourth-order valence-electron chi connectivity index (χ4n) is 1.52. The maximum atomic E-state index is 13.0. The fraction of sp³-hybridized carbons (Fsp3) is 0.333. The van der Waals surface area contributed by atoms with E-state index in [1.54, 1.807) is 0 Å². The normalized spacial score (nSPS) is 15.9. The van der Waals surface area contributed by atoms with Crippen molar-refractivity contribution in [1.82, 2.24) is 0 Å². The van der Waals surface area contributed by atoms with Gasteiger partial charge in [0, 0.05) is 0 Å². The summed E-state index contributed by atoms with van der Waals surface area (Å²) in [6.07, 6.45) is -3.94. The van der Waals surface area contributed by atoms with Gasteiger partial charge in [-0.3, -0.25) is 0 Å². The predicted molar refractivity (Wildman–Crippen MR) is 43.6 cm³/mol. The molecular formula is C9H7F4N. The number of hydrogen-bond donors (Lipinski definition) is 0. The van der Waals surface area contributed by atoms with Crippen molar-refractivity contribution in [2.24, 2.45) is 0 Å². The van der Waals surface area contributed by atoms with E-state index in [2.05, 4.69) is 0 Å². The molecule has 0 aromatic heterocycles. The van der Waals surface area contributed by atoms with Gasteiger partial charge in [-0.25, -0.2) is 5.12 Å². The number of halogens is 4. The van der Waals surface area contributed by atoms with Crippen molar-refractivity contribution in [3.05, 3.63) is 29.3 Å². The van der Waals surface area contributed by atoms with Gasteiger partial charge < -0.3 is 0 Å². The Labute approximate surface area is 77.9 Å². The van der Waals surface area contributed by atoms with Gasteiger partial charge in [-0.15, -0.1) is 0 Å². The molecule has 0 radical (unpaired) electrons. The largest absolute Gasteiger partial charge is 0.416 e. The molecule has 0 spiro atoms. The molecule has 2 rings (SSSR count). The Morgan fingerprint density at radius 2 is 1.93 bits per heavy atom. The zero-order chi connectivity index (χ0) is 10.3. The smallest absolute Gasteiger partial charge is 0.211 e. The second kappa shape index (κ2) is 2.87. The fourth-order valence-corrected chi connectivity index (χ4v) is 1.52. The molecule has 0 N–H and O–H groups in total. The van der Waals surface area contributed by atoms with Gasteiger partial charge in [-0.2, -0.15) is 13.2 Å². The maximum Gasteiger partial charge on any atom is 0.416 e. The number of alkyl halides is 3. The topological polar surface area (TPSA) is 3.24 Å². The van der Waals surface area contributed by atoms with E-state index >= 15 is 0 Å². The van der Waals surface area contributed by atoms with Crippen molar-refractivity contribution < 1.29 is 17.7 Å². The minimum atomic E-state index is -4.40. The molecule has 0 fully saturated rings. The highest BCUT2D eigenvalue weighted by Crippen LogP contribution is 2.36. The summed E-state index contributed by atoms with van der Waals surface area (Å²) in [5.41, 5.74) is -0.138. The minimum Gasteiger partial charge on any atom is -0.211 e. The Morgan fingerprint density at radius 3 is 2.57 bits per heavy atom. The summed E-state index contributed by atoms with van der Waals surface area (Å²) in [5.74, 6) is 0. The van der Waals surface area contributed by atoms with Crippen LogP contribution in [0.3, 0.4) is 0 Å². The molecule has 0 unspecified atom stereocenters. The van der Waals surface area contributed by atoms with Crippen LogP contribution in [-0.2, 0) is 12.6 Å². The Hall–Kier alpha value is -1.26. The first-order valence-electron chi connectivity index (χ1n) is 4.12. The highest BCUT2D eigenvalue weighted by Gasteiger charge is 2.32. The Bertz CT molecular complexity index is 358. The molecular weight excluding hydrogens is 198 g/mol. The number of rotatable bonds is 0. The van der Waals surface area contributed by atoms with Gasteiger partial charge in [-0.1, -0.05) is 10.5 Å². The number of anilines is 1. The third kappa shape index (κ3) is 1.42. The van der Waals surface area contributed by atoms with Gasteiger partial charge >= 0.3 is 6.18 Å². The molecule has 1 aliphatic heterocycles. The van der Waals surface area contributed by atoms with E-state index in [0.29, 0.717) is 17.1 Å². The van der Waals surface area contributed by atoms with Crippen molar-refractivity contribution in [3.63, 3.8) is 0 Å². The van der Waals surface area contributed by atoms with Crippen LogP contribution in [0.2, 0.25) is 0 Å². The van der Waals surface area contributed by atoms with E-state index in [4.69, 9.17) is 0 Å². The molecule has 1 aromatic carbocycles. The highest BCUT2D eigenvalue weighted by atomic mass is 19.4. The average molecular weight is 205 g/mol. The molecule has 76 valence electrons. The van der Waals surface area contributed by atoms with E-state index in [0.717, 1.165) is 12.1 Å². The lowest BCUT2D eigenvalue weighted by Gasteiger charge is -2.10. The van der Waals surface area contributed by atoms with Crippen LogP contribution < -0.4 is 5.12 Å². The lowest BCUT2D eigenvalue weighted by atomic mass is 10.1. The Kier molecular flexibility index (Phi) is 1.90. The van der Waals surface area contributed by atoms with Gasteiger partial charge in [0.1, 0.15) is 0 Å². The molecule has 14 heavy (non-hydrogen) atoms. The van der Waals surface area contributed by atoms with Crippen LogP contribution in [0.4, 0.5) is 23.3 Å². The lowest BCUT2D eigenvalue weighted by Crippen LogP contribution is -2.09. The van der Waals surface area contributed by atoms with Gasteiger partial charge in [0.05, 0.1) is 17.8 Å². The Morgan fingerprint density at radius 1 is 1.21 bits per heavy atom. The van der Waals surface area contributed by atoms with Crippen molar-refractivity contribution in [3.8, 4) is 0 Å². The first-order valence-corrected chi connectivity index (χ1v) is 4.12. The molecule has 1 aliphatic rings. The number of nitrogens with zero attached hydrogens (tertiary/aromatic N) is 1. The summed E-state index contributed by atoms with van der Waals surface area (Å²) in [6, 6.07) is 3.16. The molecule has 0 atom stereocenters. The summed E-state index contributed by atoms with van der Waals surface area (Å²) in [7, 11) is 0.